The highest BCUT2D eigenvalue weighted by atomic mass is 15.3. The molecule has 0 spiro atoms. The molecule has 0 atom stereocenters. The molecule has 0 fully saturated rings. The van der Waals surface area contributed by atoms with E-state index in [0.29, 0.717) is 0 Å². The summed E-state index contributed by atoms with van der Waals surface area (Å²) in [6.07, 6.45) is 0. The van der Waals surface area contributed by atoms with E-state index >= 15 is 0 Å². The summed E-state index contributed by atoms with van der Waals surface area (Å²) < 4.78 is 14.6. The van der Waals surface area contributed by atoms with E-state index in [1.54, 1.807) is 0 Å². The largest absolute Gasteiger partial charge is 0.308 e. The highest BCUT2D eigenvalue weighted by molar-refractivity contribution is 6.38. The second kappa shape index (κ2) is 20.5. The maximum Gasteiger partial charge on any atom is 0.168 e. The van der Waals surface area contributed by atoms with Crippen LogP contribution in [0.5, 0.6) is 0 Å². The first-order valence-electron chi connectivity index (χ1n) is 37.7. The predicted molar refractivity (Wildman–Crippen MR) is 457 cm³/mol. The van der Waals surface area contributed by atoms with Crippen LogP contribution in [-0.2, 0) is 0 Å². The van der Waals surface area contributed by atoms with Crippen LogP contribution in [0.4, 0.5) is 0 Å². The molecule has 0 radical (unpaired) electrons. The lowest BCUT2D eigenvalue weighted by Gasteiger charge is -2.15. The Kier molecular flexibility index (Phi) is 10.7. The van der Waals surface area contributed by atoms with E-state index in [9.17, 15) is 0 Å². The van der Waals surface area contributed by atoms with Gasteiger partial charge in [0.05, 0.1) is 77.2 Å². The van der Waals surface area contributed by atoms with E-state index in [2.05, 4.69) is 355 Å². The van der Waals surface area contributed by atoms with Crippen molar-refractivity contribution in [2.24, 2.45) is 0 Å². The maximum atomic E-state index is 5.53. The fourth-order valence-electron chi connectivity index (χ4n) is 20.3. The maximum absolute atomic E-state index is 5.53. The number of hydrogen-bond donors (Lipinski definition) is 0. The van der Waals surface area contributed by atoms with Crippen molar-refractivity contribution in [3.05, 3.63) is 328 Å². The Labute approximate surface area is 622 Å². The average molecular weight is 1400 g/mol. The molecule has 0 bridgehead atoms. The lowest BCUT2D eigenvalue weighted by molar-refractivity contribution is 0.931. The number of fused-ring (bicyclic) bond motifs is 34. The van der Waals surface area contributed by atoms with E-state index in [4.69, 9.17) is 20.4 Å². The Morgan fingerprint density at radius 3 is 1.00 bits per heavy atom. The second-order valence-electron chi connectivity index (χ2n) is 30.0. The Bertz CT molecular complexity index is 8880. The lowest BCUT2D eigenvalue weighted by atomic mass is 9.99. The van der Waals surface area contributed by atoms with Gasteiger partial charge in [0.2, 0.25) is 0 Å². The average Bonchev–Trinajstić information content (AvgIpc) is 1.51. The van der Waals surface area contributed by atoms with Crippen LogP contribution in [0.25, 0.3) is 252 Å². The number of rotatable bonds is 5. The van der Waals surface area contributed by atoms with Crippen molar-refractivity contribution in [3.8, 4) is 34.4 Å². The molecule has 0 N–H and O–H groups in total. The van der Waals surface area contributed by atoms with E-state index < -0.39 is 0 Å². The quantitative estimate of drug-likeness (QED) is 0.172. The fourth-order valence-corrected chi connectivity index (χ4v) is 20.3. The van der Waals surface area contributed by atoms with E-state index in [1.807, 2.05) is 0 Å². The lowest BCUT2D eigenvalue weighted by Crippen LogP contribution is -2.06. The number of aromatic nitrogens is 10. The van der Waals surface area contributed by atoms with Gasteiger partial charge in [0.25, 0.3) is 0 Å². The van der Waals surface area contributed by atoms with Crippen molar-refractivity contribution in [1.29, 1.82) is 0 Å². The molecule has 27 rings (SSSR count). The SMILES string of the molecule is c1ccc2c(c1)ccc1c2c2ccccc2n1-c1nnc(-n2c3c4ccccc4ccc3c3cc4c5ccc(-c6ccc7c(c6)c6ccccc6n7-c6nnc(-n7c8c9ccccc9ccc8c8cc9c%10ccccc%10n%10c%11ccccc%11c(c87)c9%10)c7ccccc67)cc5n5c6ccccc6c(c32)c45)c2ccccc12. The van der Waals surface area contributed by atoms with Crippen LogP contribution in [0, 0.1) is 0 Å². The summed E-state index contributed by atoms with van der Waals surface area (Å²) in [6.45, 7) is 0. The first kappa shape index (κ1) is 57.3. The van der Waals surface area contributed by atoms with E-state index in [-0.39, 0.29) is 0 Å². The van der Waals surface area contributed by atoms with Gasteiger partial charge in [-0.1, -0.05) is 261 Å². The topological polar surface area (TPSA) is 80.1 Å². The molecule has 0 amide bonds. The summed E-state index contributed by atoms with van der Waals surface area (Å²) in [7, 11) is 0. The van der Waals surface area contributed by atoms with Crippen LogP contribution in [0.1, 0.15) is 0 Å². The number of benzene rings is 17. The highest BCUT2D eigenvalue weighted by Crippen LogP contribution is 2.52. The first-order chi connectivity index (χ1) is 54.6. The Balaban J connectivity index is 0.658. The van der Waals surface area contributed by atoms with Crippen molar-refractivity contribution in [1.82, 2.24) is 47.5 Å². The highest BCUT2D eigenvalue weighted by Gasteiger charge is 2.31. The van der Waals surface area contributed by atoms with Gasteiger partial charge in [0.15, 0.2) is 23.3 Å². The molecule has 10 nitrogen and oxygen atoms in total. The van der Waals surface area contributed by atoms with Gasteiger partial charge in [0.1, 0.15) is 0 Å². The van der Waals surface area contributed by atoms with Gasteiger partial charge in [-0.25, -0.2) is 0 Å². The summed E-state index contributed by atoms with van der Waals surface area (Å²) in [4.78, 5) is 0. The zero-order valence-corrected chi connectivity index (χ0v) is 58.6. The van der Waals surface area contributed by atoms with Gasteiger partial charge in [-0.3, -0.25) is 18.3 Å². The minimum atomic E-state index is 0.775. The summed E-state index contributed by atoms with van der Waals surface area (Å²) in [6, 6.07) is 121. The van der Waals surface area contributed by atoms with Gasteiger partial charge in [0, 0.05) is 118 Å². The van der Waals surface area contributed by atoms with Crippen LogP contribution < -0.4 is 0 Å². The standard InChI is InChI=1S/C100H54N10/c1-4-24-60-55(21-1)44-50-86-88(60)72-33-13-20-40-84(72)108(86)98-69-30-8-10-32-71(69)100(104-102-98)110-92-62-26-6-3-23-57(62)42-48-67(92)79-54-77-65-46-43-59(52-87(65)106-83-39-19-15-35-74(83)90(94(77)106)96(79)110)58-45-49-85-75(51-58)63-27-11-17-37-81(63)107(85)97-68-29-7-9-31-70(68)99(103-101-97)109-91-61-25-5-2-22-56(61)41-47-66(91)78-53-76-64-28-12-16-36-80(64)105-82-38-18-14-34-73(82)89(93(76)105)95(78)109/h1-54H. The van der Waals surface area contributed by atoms with Crippen LogP contribution in [0.3, 0.4) is 0 Å². The monoisotopic (exact) mass is 1390 g/mol. The predicted octanol–water partition coefficient (Wildman–Crippen LogP) is 25.4. The third-order valence-corrected chi connectivity index (χ3v) is 24.8. The van der Waals surface area contributed by atoms with Crippen molar-refractivity contribution >= 4 is 217 Å². The number of nitrogens with zero attached hydrogens (tertiary/aromatic N) is 10. The minimum Gasteiger partial charge on any atom is -0.308 e. The Morgan fingerprint density at radius 2 is 0.473 bits per heavy atom. The van der Waals surface area contributed by atoms with E-state index in [0.717, 1.165) is 149 Å². The normalized spacial score (nSPS) is 12.7. The van der Waals surface area contributed by atoms with Crippen LogP contribution in [0.15, 0.2) is 328 Å². The molecule has 0 aliphatic rings. The zero-order valence-electron chi connectivity index (χ0n) is 58.6. The molecular weight excluding hydrogens is 1340 g/mol. The van der Waals surface area contributed by atoms with Gasteiger partial charge in [-0.15, -0.1) is 20.4 Å². The third kappa shape index (κ3) is 7.06. The summed E-state index contributed by atoms with van der Waals surface area (Å²) in [5, 5.41) is 52.1. The molecule has 0 saturated heterocycles. The summed E-state index contributed by atoms with van der Waals surface area (Å²) >= 11 is 0. The van der Waals surface area contributed by atoms with Crippen LogP contribution >= 0.6 is 0 Å². The Hall–Kier alpha value is -15.0. The molecule has 10 aromatic heterocycles. The molecule has 0 unspecified atom stereocenters. The molecule has 110 heavy (non-hydrogen) atoms. The van der Waals surface area contributed by atoms with Crippen LogP contribution in [0.2, 0.25) is 0 Å². The zero-order chi connectivity index (χ0) is 71.0. The molecule has 504 valence electrons. The molecule has 0 aliphatic carbocycles. The summed E-state index contributed by atoms with van der Waals surface area (Å²) in [5.41, 5.74) is 18.1. The molecule has 27 aromatic rings. The third-order valence-electron chi connectivity index (χ3n) is 24.8. The molecule has 10 heterocycles. The van der Waals surface area contributed by atoms with Crippen molar-refractivity contribution < 1.29 is 0 Å². The molecular formula is C100H54N10. The fraction of sp³-hybridized carbons (Fsp3) is 0. The van der Waals surface area contributed by atoms with Gasteiger partial charge >= 0.3 is 0 Å². The first-order valence-corrected chi connectivity index (χ1v) is 37.7. The van der Waals surface area contributed by atoms with Gasteiger partial charge < -0.3 is 8.80 Å². The van der Waals surface area contributed by atoms with E-state index in [1.165, 1.54) is 103 Å². The molecule has 0 aliphatic heterocycles. The second-order valence-corrected chi connectivity index (χ2v) is 30.0. The number of para-hydroxylation sites is 5. The molecule has 10 heteroatoms. The van der Waals surface area contributed by atoms with Crippen molar-refractivity contribution in [2.45, 2.75) is 0 Å². The smallest absolute Gasteiger partial charge is 0.168 e. The molecule has 0 saturated carbocycles. The van der Waals surface area contributed by atoms with Gasteiger partial charge in [-0.05, 0) is 99.4 Å². The van der Waals surface area contributed by atoms with Gasteiger partial charge in [-0.2, -0.15) is 0 Å². The Morgan fingerprint density at radius 1 is 0.155 bits per heavy atom. The number of hydrogen-bond acceptors (Lipinski definition) is 4. The molecule has 17 aromatic carbocycles. The minimum absolute atomic E-state index is 0.775. The van der Waals surface area contributed by atoms with Crippen LogP contribution in [-0.4, -0.2) is 47.5 Å². The van der Waals surface area contributed by atoms with Crippen molar-refractivity contribution in [2.75, 3.05) is 0 Å². The van der Waals surface area contributed by atoms with Crippen molar-refractivity contribution in [3.63, 3.8) is 0 Å². The summed E-state index contributed by atoms with van der Waals surface area (Å²) in [5.74, 6) is 3.14.